The van der Waals surface area contributed by atoms with Crippen molar-refractivity contribution in [3.05, 3.63) is 28.5 Å². The van der Waals surface area contributed by atoms with Gasteiger partial charge in [0.05, 0.1) is 5.02 Å². The van der Waals surface area contributed by atoms with E-state index in [4.69, 9.17) is 16.7 Å². The number of carboxylic acid groups (broad SMARTS) is 1. The summed E-state index contributed by atoms with van der Waals surface area (Å²) in [4.78, 5) is 10.7. The molecular weight excluding hydrogens is 309 g/mol. The molecule has 20 heavy (non-hydrogen) atoms. The molecule has 0 radical (unpaired) electrons. The van der Waals surface area contributed by atoms with Crippen LogP contribution in [0.3, 0.4) is 0 Å². The minimum atomic E-state index is -4.13. The molecule has 1 aromatic rings. The van der Waals surface area contributed by atoms with Crippen LogP contribution in [0, 0.1) is 12.7 Å². The van der Waals surface area contributed by atoms with Gasteiger partial charge in [0.15, 0.2) is 0 Å². The number of hydrogen-bond acceptors (Lipinski definition) is 3. The molecule has 8 heteroatoms. The van der Waals surface area contributed by atoms with Crippen LogP contribution in [0.1, 0.15) is 25.3 Å². The van der Waals surface area contributed by atoms with Crippen molar-refractivity contribution >= 4 is 27.6 Å². The van der Waals surface area contributed by atoms with E-state index in [9.17, 15) is 17.6 Å². The first-order chi connectivity index (χ1) is 9.19. The number of benzene rings is 1. The van der Waals surface area contributed by atoms with Crippen molar-refractivity contribution in [1.29, 1.82) is 0 Å². The lowest BCUT2D eigenvalue weighted by Crippen LogP contribution is -2.40. The summed E-state index contributed by atoms with van der Waals surface area (Å²) in [6, 6.07) is 0.720. The highest BCUT2D eigenvalue weighted by Gasteiger charge is 2.26. The molecule has 5 nitrogen and oxygen atoms in total. The quantitative estimate of drug-likeness (QED) is 0.841. The third-order valence-corrected chi connectivity index (χ3v) is 4.61. The molecule has 0 aliphatic heterocycles. The molecule has 0 aromatic heterocycles. The molecular formula is C12H15ClFNO4S. The van der Waals surface area contributed by atoms with E-state index in [1.165, 1.54) is 6.92 Å². The van der Waals surface area contributed by atoms with E-state index in [-0.39, 0.29) is 21.9 Å². The number of rotatable bonds is 6. The van der Waals surface area contributed by atoms with E-state index < -0.39 is 27.9 Å². The van der Waals surface area contributed by atoms with Gasteiger partial charge in [-0.2, -0.15) is 4.72 Å². The summed E-state index contributed by atoms with van der Waals surface area (Å²) in [7, 11) is -4.13. The second kappa shape index (κ2) is 6.51. The zero-order chi connectivity index (χ0) is 15.5. The fourth-order valence-corrected chi connectivity index (χ4v) is 3.43. The Labute approximate surface area is 121 Å². The highest BCUT2D eigenvalue weighted by atomic mass is 35.5. The van der Waals surface area contributed by atoms with Crippen molar-refractivity contribution in [2.75, 3.05) is 0 Å². The molecule has 0 amide bonds. The van der Waals surface area contributed by atoms with Gasteiger partial charge in [0.25, 0.3) is 0 Å². The average molecular weight is 324 g/mol. The average Bonchev–Trinajstić information content (AvgIpc) is 2.32. The third kappa shape index (κ3) is 3.91. The van der Waals surface area contributed by atoms with Gasteiger partial charge in [-0.25, -0.2) is 12.8 Å². The van der Waals surface area contributed by atoms with E-state index in [0.717, 1.165) is 12.1 Å². The van der Waals surface area contributed by atoms with E-state index in [2.05, 4.69) is 4.72 Å². The van der Waals surface area contributed by atoms with Crippen LogP contribution in [-0.2, 0) is 14.8 Å². The summed E-state index contributed by atoms with van der Waals surface area (Å²) < 4.78 is 39.6. The lowest BCUT2D eigenvalue weighted by Gasteiger charge is -2.15. The number of carbonyl (C=O) groups is 1. The molecule has 1 atom stereocenters. The summed E-state index contributed by atoms with van der Waals surface area (Å²) in [5, 5.41) is 8.67. The molecule has 1 aromatic carbocycles. The predicted molar refractivity (Wildman–Crippen MR) is 72.8 cm³/mol. The van der Waals surface area contributed by atoms with Crippen molar-refractivity contribution < 1.29 is 22.7 Å². The van der Waals surface area contributed by atoms with Crippen molar-refractivity contribution in [1.82, 2.24) is 4.72 Å². The lowest BCUT2D eigenvalue weighted by atomic mass is 10.2. The summed E-state index contributed by atoms with van der Waals surface area (Å²) in [6.07, 6.45) is 0.641. The van der Waals surface area contributed by atoms with Crippen LogP contribution in [-0.4, -0.2) is 25.5 Å². The number of aliphatic carboxylic acids is 1. The van der Waals surface area contributed by atoms with Crippen LogP contribution in [0.15, 0.2) is 17.0 Å². The maximum atomic E-state index is 13.3. The van der Waals surface area contributed by atoms with Gasteiger partial charge in [-0.1, -0.05) is 24.9 Å². The number of nitrogens with one attached hydrogen (secondary N) is 1. The Morgan fingerprint density at radius 2 is 2.10 bits per heavy atom. The van der Waals surface area contributed by atoms with Crippen LogP contribution in [0.4, 0.5) is 4.39 Å². The maximum Gasteiger partial charge on any atom is 0.321 e. The second-order valence-electron chi connectivity index (χ2n) is 4.33. The molecule has 0 aliphatic rings. The monoisotopic (exact) mass is 323 g/mol. The van der Waals surface area contributed by atoms with Gasteiger partial charge in [-0.15, -0.1) is 0 Å². The SMILES string of the molecule is CCCC(NS(=O)(=O)c1cc(C)c(F)cc1Cl)C(=O)O. The second-order valence-corrected chi connectivity index (χ2v) is 6.42. The standard InChI is InChI=1S/C12H15ClFNO4S/c1-3-4-10(12(16)17)15-20(18,19)11-5-7(2)9(14)6-8(11)13/h5-6,10,15H,3-4H2,1-2H3,(H,16,17). The summed E-state index contributed by atoms with van der Waals surface area (Å²) in [5.41, 5.74) is 0.108. The molecule has 2 N–H and O–H groups in total. The van der Waals surface area contributed by atoms with Crippen molar-refractivity contribution in [3.63, 3.8) is 0 Å². The van der Waals surface area contributed by atoms with Crippen molar-refractivity contribution in [3.8, 4) is 0 Å². The molecule has 1 rings (SSSR count). The van der Waals surface area contributed by atoms with E-state index >= 15 is 0 Å². The smallest absolute Gasteiger partial charge is 0.321 e. The maximum absolute atomic E-state index is 13.3. The Kier molecular flexibility index (Phi) is 5.50. The predicted octanol–water partition coefficient (Wildman–Crippen LogP) is 2.32. The summed E-state index contributed by atoms with van der Waals surface area (Å²) >= 11 is 5.72. The summed E-state index contributed by atoms with van der Waals surface area (Å²) in [5.74, 6) is -1.90. The van der Waals surface area contributed by atoms with Crippen molar-refractivity contribution in [2.24, 2.45) is 0 Å². The molecule has 0 spiro atoms. The number of halogens is 2. The molecule has 112 valence electrons. The van der Waals surface area contributed by atoms with Crippen LogP contribution >= 0.6 is 11.6 Å². The zero-order valence-corrected chi connectivity index (χ0v) is 12.6. The van der Waals surface area contributed by atoms with Gasteiger partial charge in [-0.3, -0.25) is 4.79 Å². The topological polar surface area (TPSA) is 83.5 Å². The van der Waals surface area contributed by atoms with E-state index in [1.54, 1.807) is 6.92 Å². The van der Waals surface area contributed by atoms with E-state index in [0.29, 0.717) is 6.42 Å². The molecule has 0 aliphatic carbocycles. The lowest BCUT2D eigenvalue weighted by molar-refractivity contribution is -0.139. The van der Waals surface area contributed by atoms with Gasteiger partial charge in [0, 0.05) is 0 Å². The van der Waals surface area contributed by atoms with Crippen LogP contribution in [0.25, 0.3) is 0 Å². The summed E-state index contributed by atoms with van der Waals surface area (Å²) in [6.45, 7) is 3.13. The fraction of sp³-hybridized carbons (Fsp3) is 0.417. The van der Waals surface area contributed by atoms with Crippen LogP contribution in [0.5, 0.6) is 0 Å². The zero-order valence-electron chi connectivity index (χ0n) is 11.0. The minimum absolute atomic E-state index is 0.108. The first-order valence-corrected chi connectivity index (χ1v) is 7.76. The van der Waals surface area contributed by atoms with Crippen LogP contribution < -0.4 is 4.72 Å². The minimum Gasteiger partial charge on any atom is -0.480 e. The number of aryl methyl sites for hydroxylation is 1. The Hall–Kier alpha value is -1.18. The van der Waals surface area contributed by atoms with Gasteiger partial charge in [-0.05, 0) is 31.0 Å². The van der Waals surface area contributed by atoms with Gasteiger partial charge >= 0.3 is 5.97 Å². The number of carboxylic acids is 1. The molecule has 0 fully saturated rings. The van der Waals surface area contributed by atoms with Crippen LogP contribution in [0.2, 0.25) is 5.02 Å². The number of sulfonamides is 1. The van der Waals surface area contributed by atoms with Gasteiger partial charge < -0.3 is 5.11 Å². The first kappa shape index (κ1) is 16.9. The first-order valence-electron chi connectivity index (χ1n) is 5.89. The fourth-order valence-electron chi connectivity index (χ4n) is 1.61. The molecule has 0 saturated heterocycles. The molecule has 0 heterocycles. The van der Waals surface area contributed by atoms with Crippen molar-refractivity contribution in [2.45, 2.75) is 37.6 Å². The Morgan fingerprint density at radius 3 is 2.60 bits per heavy atom. The Bertz CT molecular complexity index is 618. The van der Waals surface area contributed by atoms with Gasteiger partial charge in [0.1, 0.15) is 16.8 Å². The molecule has 0 saturated carbocycles. The highest BCUT2D eigenvalue weighted by molar-refractivity contribution is 7.89. The largest absolute Gasteiger partial charge is 0.480 e. The third-order valence-electron chi connectivity index (χ3n) is 2.68. The Morgan fingerprint density at radius 1 is 1.50 bits per heavy atom. The highest BCUT2D eigenvalue weighted by Crippen LogP contribution is 2.25. The normalized spacial score (nSPS) is 13.2. The number of hydrogen-bond donors (Lipinski definition) is 2. The van der Waals surface area contributed by atoms with Gasteiger partial charge in [0.2, 0.25) is 10.0 Å². The molecule has 1 unspecified atom stereocenters. The molecule has 0 bridgehead atoms. The Balaban J connectivity index is 3.17. The van der Waals surface area contributed by atoms with E-state index in [1.807, 2.05) is 0 Å².